The van der Waals surface area contributed by atoms with Crippen LogP contribution in [0.4, 0.5) is 0 Å². The number of hydrogen-bond donors (Lipinski definition) is 2. The minimum Gasteiger partial charge on any atom is -0.388 e. The molecular formula is C8H12N2O4S. The second-order valence-electron chi connectivity index (χ2n) is 3.00. The number of aryl methyl sites for hydroxylation is 1. The van der Waals surface area contributed by atoms with Gasteiger partial charge in [0.1, 0.15) is 12.4 Å². The van der Waals surface area contributed by atoms with E-state index in [4.69, 9.17) is 9.66 Å². The van der Waals surface area contributed by atoms with Crippen LogP contribution in [0.25, 0.3) is 0 Å². The molecule has 0 atom stereocenters. The smallest absolute Gasteiger partial charge is 0.270 e. The molecule has 0 aromatic carbocycles. The van der Waals surface area contributed by atoms with Crippen LogP contribution in [-0.2, 0) is 28.9 Å². The number of nitrogens with zero attached hydrogens (tertiary/aromatic N) is 2. The van der Waals surface area contributed by atoms with Gasteiger partial charge < -0.3 is 5.11 Å². The fourth-order valence-electron chi connectivity index (χ4n) is 1.13. The lowest BCUT2D eigenvalue weighted by atomic mass is 10.3. The van der Waals surface area contributed by atoms with Gasteiger partial charge in [-0.1, -0.05) is 6.92 Å². The Bertz CT molecular complexity index is 422. The number of hydrogen-bond acceptors (Lipinski definition) is 5. The van der Waals surface area contributed by atoms with Crippen molar-refractivity contribution in [3.8, 4) is 0 Å². The Morgan fingerprint density at radius 2 is 1.93 bits per heavy atom. The molecule has 1 aromatic rings. The third kappa shape index (κ3) is 3.90. The maximum absolute atomic E-state index is 10.6. The predicted octanol–water partition coefficient (Wildman–Crippen LogP) is -0.0809. The number of aliphatic hydroxyl groups is 1. The van der Waals surface area contributed by atoms with Crippen molar-refractivity contribution in [1.82, 2.24) is 9.97 Å². The summed E-state index contributed by atoms with van der Waals surface area (Å²) < 4.78 is 29.9. The van der Waals surface area contributed by atoms with Crippen LogP contribution in [0.5, 0.6) is 0 Å². The second-order valence-corrected chi connectivity index (χ2v) is 4.46. The molecule has 0 saturated heterocycles. The van der Waals surface area contributed by atoms with Crippen molar-refractivity contribution in [3.63, 3.8) is 0 Å². The van der Waals surface area contributed by atoms with E-state index in [9.17, 15) is 8.42 Å². The van der Waals surface area contributed by atoms with Gasteiger partial charge >= 0.3 is 0 Å². The highest BCUT2D eigenvalue weighted by molar-refractivity contribution is 7.84. The first-order valence-electron chi connectivity index (χ1n) is 4.36. The maximum atomic E-state index is 10.6. The van der Waals surface area contributed by atoms with Crippen molar-refractivity contribution in [2.45, 2.75) is 25.7 Å². The Morgan fingerprint density at radius 3 is 2.40 bits per heavy atom. The summed E-state index contributed by atoms with van der Waals surface area (Å²) in [4.78, 5) is 7.75. The molecule has 0 aliphatic carbocycles. The molecule has 0 bridgehead atoms. The maximum Gasteiger partial charge on any atom is 0.270 e. The number of aromatic nitrogens is 2. The van der Waals surface area contributed by atoms with Crippen molar-refractivity contribution in [3.05, 3.63) is 23.3 Å². The van der Waals surface area contributed by atoms with Crippen molar-refractivity contribution < 1.29 is 18.1 Å². The Labute approximate surface area is 87.8 Å². The first-order chi connectivity index (χ1) is 6.94. The average molecular weight is 232 g/mol. The molecule has 0 amide bonds. The van der Waals surface area contributed by atoms with Crippen LogP contribution < -0.4 is 0 Å². The van der Waals surface area contributed by atoms with E-state index < -0.39 is 15.9 Å². The molecule has 0 fully saturated rings. The topological polar surface area (TPSA) is 100 Å². The molecule has 0 aliphatic heterocycles. The molecule has 15 heavy (non-hydrogen) atoms. The van der Waals surface area contributed by atoms with E-state index in [-0.39, 0.29) is 18.1 Å². The van der Waals surface area contributed by atoms with Crippen LogP contribution in [0.2, 0.25) is 0 Å². The van der Waals surface area contributed by atoms with Gasteiger partial charge in [0.05, 0.1) is 5.69 Å². The Hall–Kier alpha value is -1.05. The fraction of sp³-hybridized carbons (Fsp3) is 0.500. The number of rotatable bonds is 4. The van der Waals surface area contributed by atoms with Crippen LogP contribution in [-0.4, -0.2) is 28.0 Å². The molecule has 1 rings (SSSR count). The van der Waals surface area contributed by atoms with Crippen LogP contribution in [0.1, 0.15) is 24.1 Å². The van der Waals surface area contributed by atoms with E-state index in [0.29, 0.717) is 12.1 Å². The highest BCUT2D eigenvalue weighted by Gasteiger charge is 2.10. The van der Waals surface area contributed by atoms with E-state index >= 15 is 0 Å². The molecule has 0 radical (unpaired) electrons. The van der Waals surface area contributed by atoms with Gasteiger partial charge in [0.25, 0.3) is 10.1 Å². The van der Waals surface area contributed by atoms with Gasteiger partial charge in [-0.2, -0.15) is 8.42 Å². The summed E-state index contributed by atoms with van der Waals surface area (Å²) in [6, 6.07) is 1.49. The van der Waals surface area contributed by atoms with E-state index in [1.807, 2.05) is 6.92 Å². The predicted molar refractivity (Wildman–Crippen MR) is 52.6 cm³/mol. The van der Waals surface area contributed by atoms with Gasteiger partial charge in [-0.25, -0.2) is 9.97 Å². The molecule has 0 aliphatic rings. The Morgan fingerprint density at radius 1 is 1.33 bits per heavy atom. The van der Waals surface area contributed by atoms with Crippen LogP contribution in [0.15, 0.2) is 6.07 Å². The van der Waals surface area contributed by atoms with Crippen molar-refractivity contribution >= 4 is 10.1 Å². The molecule has 2 N–H and O–H groups in total. The van der Waals surface area contributed by atoms with Crippen molar-refractivity contribution in [1.29, 1.82) is 0 Å². The quantitative estimate of drug-likeness (QED) is 0.704. The lowest BCUT2D eigenvalue weighted by Crippen LogP contribution is -2.08. The minimum absolute atomic E-state index is 0.160. The van der Waals surface area contributed by atoms with Crippen molar-refractivity contribution in [2.24, 2.45) is 0 Å². The van der Waals surface area contributed by atoms with Gasteiger partial charge in [-0.3, -0.25) is 4.55 Å². The van der Waals surface area contributed by atoms with E-state index in [1.54, 1.807) is 0 Å². The third-order valence-corrected chi connectivity index (χ3v) is 2.37. The second kappa shape index (κ2) is 4.65. The number of aliphatic hydroxyl groups excluding tert-OH is 1. The lowest BCUT2D eigenvalue weighted by molar-refractivity contribution is 0.270. The zero-order valence-corrected chi connectivity index (χ0v) is 9.03. The monoisotopic (exact) mass is 232 g/mol. The molecule has 0 saturated carbocycles. The normalized spacial score (nSPS) is 11.7. The lowest BCUT2D eigenvalue weighted by Gasteiger charge is -2.03. The van der Waals surface area contributed by atoms with Gasteiger partial charge in [0.2, 0.25) is 0 Å². The van der Waals surface area contributed by atoms with Gasteiger partial charge in [0.15, 0.2) is 5.82 Å². The summed E-state index contributed by atoms with van der Waals surface area (Å²) in [7, 11) is -4.10. The third-order valence-electron chi connectivity index (χ3n) is 1.71. The Balaban J connectivity index is 3.07. The first kappa shape index (κ1) is 12.0. The molecule has 0 spiro atoms. The zero-order valence-electron chi connectivity index (χ0n) is 8.21. The minimum atomic E-state index is -4.10. The molecule has 7 heteroatoms. The zero-order chi connectivity index (χ0) is 11.5. The van der Waals surface area contributed by atoms with E-state index in [0.717, 1.165) is 0 Å². The van der Waals surface area contributed by atoms with Crippen LogP contribution >= 0.6 is 0 Å². The fourth-order valence-corrected chi connectivity index (χ4v) is 1.65. The van der Waals surface area contributed by atoms with Crippen molar-refractivity contribution in [2.75, 3.05) is 0 Å². The van der Waals surface area contributed by atoms with Crippen LogP contribution in [0.3, 0.4) is 0 Å². The first-order valence-corrected chi connectivity index (χ1v) is 5.97. The molecule has 1 heterocycles. The molecular weight excluding hydrogens is 220 g/mol. The van der Waals surface area contributed by atoms with Gasteiger partial charge in [0, 0.05) is 5.69 Å². The summed E-state index contributed by atoms with van der Waals surface area (Å²) in [5.74, 6) is -0.400. The summed E-state index contributed by atoms with van der Waals surface area (Å²) in [5.41, 5.74) is 0.820. The summed E-state index contributed by atoms with van der Waals surface area (Å²) in [6.45, 7) is 1.49. The summed E-state index contributed by atoms with van der Waals surface area (Å²) >= 11 is 0. The SMILES string of the molecule is CCc1cc(CS(=O)(=O)O)nc(CO)n1. The highest BCUT2D eigenvalue weighted by atomic mass is 32.2. The largest absolute Gasteiger partial charge is 0.388 e. The van der Waals surface area contributed by atoms with E-state index in [1.165, 1.54) is 6.07 Å². The standard InChI is InChI=1S/C8H12N2O4S/c1-2-6-3-7(5-15(12,13)14)10-8(4-11)9-6/h3,11H,2,4-5H2,1H3,(H,12,13,14). The highest BCUT2D eigenvalue weighted by Crippen LogP contribution is 2.06. The molecule has 1 aromatic heterocycles. The summed E-state index contributed by atoms with van der Waals surface area (Å²) in [6.07, 6.45) is 0.605. The molecule has 6 nitrogen and oxygen atoms in total. The van der Waals surface area contributed by atoms with Crippen LogP contribution in [0, 0.1) is 0 Å². The van der Waals surface area contributed by atoms with E-state index in [2.05, 4.69) is 9.97 Å². The average Bonchev–Trinajstić information content (AvgIpc) is 2.14. The summed E-state index contributed by atoms with van der Waals surface area (Å²) in [5, 5.41) is 8.84. The van der Waals surface area contributed by atoms with Gasteiger partial charge in [-0.15, -0.1) is 0 Å². The molecule has 84 valence electrons. The van der Waals surface area contributed by atoms with Gasteiger partial charge in [-0.05, 0) is 12.5 Å². The Kier molecular flexibility index (Phi) is 3.72. The molecule has 0 unspecified atom stereocenters.